The number of amides is 5. The van der Waals surface area contributed by atoms with Crippen LogP contribution in [0, 0.1) is 0 Å². The molecule has 0 unspecified atom stereocenters. The molecule has 5 fully saturated rings. The molecule has 0 bridgehead atoms. The Hall–Kier alpha value is -2.65. The minimum absolute atomic E-state index is 0.0282. The van der Waals surface area contributed by atoms with Crippen LogP contribution >= 0.6 is 0 Å². The summed E-state index contributed by atoms with van der Waals surface area (Å²) in [6.07, 6.45) is 9.85. The zero-order valence-corrected chi connectivity index (χ0v) is 24.2. The molecule has 5 rings (SSSR count). The van der Waals surface area contributed by atoms with Crippen molar-refractivity contribution in [1.82, 2.24) is 24.5 Å². The second kappa shape index (κ2) is 12.9. The first-order valence-electron chi connectivity index (χ1n) is 15.8. The predicted molar refractivity (Wildman–Crippen MR) is 149 cm³/mol. The Kier molecular flexibility index (Phi) is 9.31. The largest absolute Gasteiger partial charge is 0.343 e. The highest BCUT2D eigenvalue weighted by Crippen LogP contribution is 2.31. The Balaban J connectivity index is 1.37. The van der Waals surface area contributed by atoms with Crippen LogP contribution in [-0.4, -0.2) is 117 Å². The van der Waals surface area contributed by atoms with Crippen LogP contribution < -0.4 is 0 Å². The number of rotatable bonds is 13. The van der Waals surface area contributed by atoms with Gasteiger partial charge in [-0.25, -0.2) is 0 Å². The normalized spacial score (nSPS) is 25.2. The molecule has 0 N–H and O–H groups in total. The topological polar surface area (TPSA) is 102 Å². The van der Waals surface area contributed by atoms with Crippen molar-refractivity contribution in [3.8, 4) is 0 Å². The third kappa shape index (κ3) is 6.46. The van der Waals surface area contributed by atoms with Gasteiger partial charge in [-0.2, -0.15) is 0 Å². The van der Waals surface area contributed by atoms with Gasteiger partial charge in [-0.1, -0.05) is 0 Å². The van der Waals surface area contributed by atoms with Gasteiger partial charge in [-0.15, -0.1) is 0 Å². The van der Waals surface area contributed by atoms with E-state index in [1.165, 1.54) is 0 Å². The van der Waals surface area contributed by atoms with Crippen molar-refractivity contribution in [3.63, 3.8) is 0 Å². The van der Waals surface area contributed by atoms with Gasteiger partial charge in [-0.3, -0.25) is 24.0 Å². The second-order valence-corrected chi connectivity index (χ2v) is 12.6. The summed E-state index contributed by atoms with van der Waals surface area (Å²) in [5.41, 5.74) is 0. The fraction of sp³-hybridized carbons (Fsp3) is 0.833. The molecule has 10 nitrogen and oxygen atoms in total. The lowest BCUT2D eigenvalue weighted by molar-refractivity contribution is -0.132. The maximum atomic E-state index is 13.1. The smallest absolute Gasteiger partial charge is 0.222 e. The lowest BCUT2D eigenvalue weighted by Crippen LogP contribution is -2.50. The Bertz CT molecular complexity index is 988. The lowest BCUT2D eigenvalue weighted by atomic mass is 9.92. The highest BCUT2D eigenvalue weighted by Gasteiger charge is 2.39. The van der Waals surface area contributed by atoms with Gasteiger partial charge in [0.2, 0.25) is 29.5 Å². The summed E-state index contributed by atoms with van der Waals surface area (Å²) in [4.78, 5) is 73.7. The first-order chi connectivity index (χ1) is 19.3. The third-order valence-corrected chi connectivity index (χ3v) is 9.90. The van der Waals surface area contributed by atoms with Crippen molar-refractivity contribution >= 4 is 29.5 Å². The molecule has 5 saturated heterocycles. The van der Waals surface area contributed by atoms with Crippen molar-refractivity contribution in [1.29, 1.82) is 0 Å². The van der Waals surface area contributed by atoms with E-state index >= 15 is 0 Å². The van der Waals surface area contributed by atoms with Crippen LogP contribution in [0.15, 0.2) is 0 Å². The molecule has 0 aromatic carbocycles. The van der Waals surface area contributed by atoms with Crippen molar-refractivity contribution in [3.05, 3.63) is 0 Å². The van der Waals surface area contributed by atoms with Crippen molar-refractivity contribution < 1.29 is 24.0 Å². The van der Waals surface area contributed by atoms with Crippen molar-refractivity contribution in [2.45, 2.75) is 121 Å². The molecule has 5 amide bonds. The lowest BCUT2D eigenvalue weighted by Gasteiger charge is -2.40. The fourth-order valence-corrected chi connectivity index (χ4v) is 7.80. The molecule has 4 atom stereocenters. The fourth-order valence-electron chi connectivity index (χ4n) is 7.80. The maximum absolute atomic E-state index is 13.1. The summed E-state index contributed by atoms with van der Waals surface area (Å²) in [7, 11) is 0. The Morgan fingerprint density at radius 3 is 1.35 bits per heavy atom. The molecule has 222 valence electrons. The van der Waals surface area contributed by atoms with E-state index in [2.05, 4.69) is 6.92 Å². The monoisotopic (exact) mass is 557 g/mol. The molecule has 0 aromatic heterocycles. The molecule has 5 aliphatic heterocycles. The van der Waals surface area contributed by atoms with Gasteiger partial charge < -0.3 is 24.5 Å². The molecule has 0 radical (unpaired) electrons. The van der Waals surface area contributed by atoms with Crippen LogP contribution in [0.3, 0.4) is 0 Å². The van der Waals surface area contributed by atoms with Gasteiger partial charge in [-0.05, 0) is 64.7 Å². The molecular formula is C30H47N5O5. The molecule has 10 heteroatoms. The molecule has 0 spiro atoms. The summed E-state index contributed by atoms with van der Waals surface area (Å²) in [5, 5.41) is 0. The van der Waals surface area contributed by atoms with Crippen LogP contribution in [0.5, 0.6) is 0 Å². The summed E-state index contributed by atoms with van der Waals surface area (Å²) < 4.78 is 0. The van der Waals surface area contributed by atoms with E-state index in [1.807, 2.05) is 24.5 Å². The van der Waals surface area contributed by atoms with Gasteiger partial charge in [0.1, 0.15) is 0 Å². The summed E-state index contributed by atoms with van der Waals surface area (Å²) in [5.74, 6) is 0.859. The number of carbonyl (C=O) groups excluding carboxylic acids is 5. The van der Waals surface area contributed by atoms with Gasteiger partial charge in [0, 0.05) is 95.5 Å². The maximum Gasteiger partial charge on any atom is 0.222 e. The Labute approximate surface area is 238 Å². The first kappa shape index (κ1) is 28.9. The molecule has 40 heavy (non-hydrogen) atoms. The van der Waals surface area contributed by atoms with Crippen LogP contribution in [0.1, 0.15) is 96.8 Å². The Morgan fingerprint density at radius 1 is 0.500 bits per heavy atom. The minimum Gasteiger partial charge on any atom is -0.343 e. The zero-order chi connectivity index (χ0) is 28.2. The van der Waals surface area contributed by atoms with Gasteiger partial charge in [0.25, 0.3) is 0 Å². The van der Waals surface area contributed by atoms with Gasteiger partial charge in [0.15, 0.2) is 0 Å². The van der Waals surface area contributed by atoms with Crippen molar-refractivity contribution in [2.24, 2.45) is 0 Å². The molecule has 0 aliphatic carbocycles. The highest BCUT2D eigenvalue weighted by molar-refractivity contribution is 5.80. The van der Waals surface area contributed by atoms with E-state index in [0.717, 1.165) is 58.3 Å². The van der Waals surface area contributed by atoms with Crippen molar-refractivity contribution in [2.75, 3.05) is 39.3 Å². The summed E-state index contributed by atoms with van der Waals surface area (Å²) in [6.45, 7) is 6.41. The average Bonchev–Trinajstić information content (AvgIpc) is 3.75. The number of hydrogen-bond acceptors (Lipinski definition) is 5. The van der Waals surface area contributed by atoms with Crippen LogP contribution in [0.4, 0.5) is 0 Å². The van der Waals surface area contributed by atoms with E-state index in [1.54, 1.807) is 0 Å². The third-order valence-electron chi connectivity index (χ3n) is 9.90. The average molecular weight is 558 g/mol. The number of hydrogen-bond donors (Lipinski definition) is 0. The van der Waals surface area contributed by atoms with E-state index in [4.69, 9.17) is 0 Å². The quantitative estimate of drug-likeness (QED) is 0.345. The summed E-state index contributed by atoms with van der Waals surface area (Å²) >= 11 is 0. The molecule has 0 aromatic rings. The van der Waals surface area contributed by atoms with E-state index in [9.17, 15) is 24.0 Å². The molecular weight excluding hydrogens is 510 g/mol. The number of carbonyl (C=O) groups is 5. The number of likely N-dealkylation sites (tertiary alicyclic amines) is 5. The first-order valence-corrected chi connectivity index (χ1v) is 15.8. The zero-order valence-electron chi connectivity index (χ0n) is 24.2. The van der Waals surface area contributed by atoms with E-state index in [-0.39, 0.29) is 53.7 Å². The van der Waals surface area contributed by atoms with Crippen LogP contribution in [0.25, 0.3) is 0 Å². The van der Waals surface area contributed by atoms with E-state index in [0.29, 0.717) is 70.9 Å². The van der Waals surface area contributed by atoms with Crippen LogP contribution in [-0.2, 0) is 24.0 Å². The summed E-state index contributed by atoms with van der Waals surface area (Å²) in [6, 6.07) is -0.177. The van der Waals surface area contributed by atoms with E-state index < -0.39 is 0 Å². The van der Waals surface area contributed by atoms with Gasteiger partial charge in [0.05, 0.1) is 0 Å². The SMILES string of the molecule is C[C@@H](C[C@H](C[C@@H](C[C@@H](CCN1CCCC1=O)N1CCCC1=O)N1CCCC1=O)N1CCCC1=O)N1CCCC1=O. The second-order valence-electron chi connectivity index (χ2n) is 12.6. The molecule has 5 heterocycles. The molecule has 5 aliphatic rings. The standard InChI is InChI=1S/C30H47N5O5/c1-22(32-14-3-8-27(32)37)19-24(34-16-5-10-29(34)39)21-25(35-17-6-11-30(35)40)20-23(33-15-4-9-28(33)38)12-18-31-13-2-7-26(31)36/h22-25H,2-21H2,1H3/t22-,23+,24+,25+/m0/s1. The minimum atomic E-state index is -0.0949. The Morgan fingerprint density at radius 2 is 0.900 bits per heavy atom. The number of nitrogens with zero attached hydrogens (tertiary/aromatic N) is 5. The molecule has 0 saturated carbocycles. The van der Waals surface area contributed by atoms with Gasteiger partial charge >= 0.3 is 0 Å². The highest BCUT2D eigenvalue weighted by atomic mass is 16.2. The predicted octanol–water partition coefficient (Wildman–Crippen LogP) is 2.15. The van der Waals surface area contributed by atoms with Crippen LogP contribution in [0.2, 0.25) is 0 Å².